The third-order valence-corrected chi connectivity index (χ3v) is 4.08. The summed E-state index contributed by atoms with van der Waals surface area (Å²) >= 11 is 0. The molecule has 3 aromatic rings. The third kappa shape index (κ3) is 5.80. The molecule has 0 heterocycles. The van der Waals surface area contributed by atoms with Crippen molar-refractivity contribution in [2.75, 3.05) is 19.0 Å². The van der Waals surface area contributed by atoms with Crippen LogP contribution in [0.1, 0.15) is 10.4 Å². The first kappa shape index (κ1) is 21.3. The summed E-state index contributed by atoms with van der Waals surface area (Å²) in [6.07, 6.45) is 0. The lowest BCUT2D eigenvalue weighted by Crippen LogP contribution is -2.17. The van der Waals surface area contributed by atoms with Gasteiger partial charge in [-0.25, -0.2) is 4.79 Å². The predicted molar refractivity (Wildman–Crippen MR) is 112 cm³/mol. The van der Waals surface area contributed by atoms with Crippen molar-refractivity contribution in [1.82, 2.24) is 0 Å². The zero-order chi connectivity index (χ0) is 22.2. The maximum absolute atomic E-state index is 12.4. The van der Waals surface area contributed by atoms with E-state index < -0.39 is 17.5 Å². The van der Waals surface area contributed by atoms with Gasteiger partial charge in [0.2, 0.25) is 0 Å². The minimum atomic E-state index is -0.683. The molecule has 0 bridgehead atoms. The lowest BCUT2D eigenvalue weighted by atomic mass is 10.2. The zero-order valence-electron chi connectivity index (χ0n) is 16.4. The number of carbonyl (C=O) groups is 2. The van der Waals surface area contributed by atoms with Gasteiger partial charge >= 0.3 is 5.97 Å². The summed E-state index contributed by atoms with van der Waals surface area (Å²) in [5, 5.41) is 13.5. The Kier molecular flexibility index (Phi) is 6.79. The van der Waals surface area contributed by atoms with E-state index in [1.54, 1.807) is 36.4 Å². The smallest absolute Gasteiger partial charge is 0.349 e. The Labute approximate surface area is 177 Å². The molecule has 0 spiro atoms. The Balaban J connectivity index is 1.54. The van der Waals surface area contributed by atoms with Crippen LogP contribution in [0, 0.1) is 10.1 Å². The Morgan fingerprint density at radius 2 is 1.71 bits per heavy atom. The van der Waals surface area contributed by atoms with E-state index >= 15 is 0 Å². The van der Waals surface area contributed by atoms with Crippen LogP contribution in [-0.2, 0) is 4.79 Å². The molecule has 158 valence electrons. The van der Waals surface area contributed by atoms with E-state index in [4.69, 9.17) is 14.2 Å². The number of para-hydroxylation sites is 1. The molecule has 1 N–H and O–H groups in total. The normalized spacial score (nSPS) is 10.1. The van der Waals surface area contributed by atoms with Crippen molar-refractivity contribution in [3.05, 3.63) is 88.5 Å². The van der Waals surface area contributed by atoms with E-state index in [2.05, 4.69) is 5.32 Å². The first-order valence-electron chi connectivity index (χ1n) is 9.08. The van der Waals surface area contributed by atoms with Crippen molar-refractivity contribution < 1.29 is 28.7 Å². The predicted octanol–water partition coefficient (Wildman–Crippen LogP) is 3.84. The first-order chi connectivity index (χ1) is 15.0. The number of non-ortho nitro benzene ring substituents is 1. The van der Waals surface area contributed by atoms with Crippen LogP contribution >= 0.6 is 0 Å². The fourth-order valence-electron chi connectivity index (χ4n) is 2.63. The first-order valence-corrected chi connectivity index (χ1v) is 9.08. The van der Waals surface area contributed by atoms with Crippen LogP contribution in [-0.4, -0.2) is 30.5 Å². The standard InChI is InChI=1S/C22H18N2O7/c1-29-20-8-3-2-7-19(20)22(26)23-15-9-11-17(12-10-15)31-21(25)14-30-18-6-4-5-16(13-18)24(27)28/h2-13H,14H2,1H3,(H,23,26). The number of benzene rings is 3. The number of nitro benzene ring substituents is 1. The molecule has 0 unspecified atom stereocenters. The van der Waals surface area contributed by atoms with Crippen LogP contribution in [0.15, 0.2) is 72.8 Å². The van der Waals surface area contributed by atoms with Gasteiger partial charge in [0.1, 0.15) is 17.2 Å². The number of anilines is 1. The van der Waals surface area contributed by atoms with E-state index in [-0.39, 0.29) is 23.1 Å². The molecule has 0 aliphatic heterocycles. The summed E-state index contributed by atoms with van der Waals surface area (Å²) < 4.78 is 15.6. The van der Waals surface area contributed by atoms with Crippen molar-refractivity contribution >= 4 is 23.3 Å². The van der Waals surface area contributed by atoms with Gasteiger partial charge in [0.15, 0.2) is 6.61 Å². The van der Waals surface area contributed by atoms with Gasteiger partial charge in [-0.3, -0.25) is 14.9 Å². The zero-order valence-corrected chi connectivity index (χ0v) is 16.4. The number of esters is 1. The van der Waals surface area contributed by atoms with Gasteiger partial charge in [0.05, 0.1) is 23.7 Å². The summed E-state index contributed by atoms with van der Waals surface area (Å²) in [4.78, 5) is 34.6. The highest BCUT2D eigenvalue weighted by atomic mass is 16.6. The molecule has 0 aliphatic rings. The highest BCUT2D eigenvalue weighted by Crippen LogP contribution is 2.22. The number of carbonyl (C=O) groups excluding carboxylic acids is 2. The van der Waals surface area contributed by atoms with Gasteiger partial charge in [0, 0.05) is 11.8 Å². The summed E-state index contributed by atoms with van der Waals surface area (Å²) in [6.45, 7) is -0.423. The minimum absolute atomic E-state index is 0.142. The molecule has 0 aliphatic carbocycles. The van der Waals surface area contributed by atoms with Gasteiger partial charge in [-0.1, -0.05) is 18.2 Å². The number of ether oxygens (including phenoxy) is 3. The number of nitro groups is 1. The minimum Gasteiger partial charge on any atom is -0.496 e. The molecule has 0 atom stereocenters. The highest BCUT2D eigenvalue weighted by molar-refractivity contribution is 6.06. The van der Waals surface area contributed by atoms with Gasteiger partial charge in [-0.2, -0.15) is 0 Å². The number of nitrogens with one attached hydrogen (secondary N) is 1. The molecule has 0 radical (unpaired) electrons. The second kappa shape index (κ2) is 9.88. The largest absolute Gasteiger partial charge is 0.496 e. The summed E-state index contributed by atoms with van der Waals surface area (Å²) in [5.74, 6) is -0.136. The lowest BCUT2D eigenvalue weighted by Gasteiger charge is -2.10. The third-order valence-electron chi connectivity index (χ3n) is 4.08. The molecule has 0 saturated carbocycles. The second-order valence-electron chi connectivity index (χ2n) is 6.20. The monoisotopic (exact) mass is 422 g/mol. The number of amides is 1. The second-order valence-corrected chi connectivity index (χ2v) is 6.20. The van der Waals surface area contributed by atoms with Crippen molar-refractivity contribution in [1.29, 1.82) is 0 Å². The Bertz CT molecular complexity index is 1100. The lowest BCUT2D eigenvalue weighted by molar-refractivity contribution is -0.384. The van der Waals surface area contributed by atoms with Crippen molar-refractivity contribution in [3.8, 4) is 17.2 Å². The van der Waals surface area contributed by atoms with Gasteiger partial charge in [0.25, 0.3) is 11.6 Å². The number of nitrogens with zero attached hydrogens (tertiary/aromatic N) is 1. The van der Waals surface area contributed by atoms with Crippen LogP contribution in [0.25, 0.3) is 0 Å². The molecule has 3 rings (SSSR count). The number of hydrogen-bond acceptors (Lipinski definition) is 7. The summed E-state index contributed by atoms with van der Waals surface area (Å²) in [6, 6.07) is 18.5. The molecular formula is C22H18N2O7. The molecule has 9 heteroatoms. The van der Waals surface area contributed by atoms with Gasteiger partial charge in [-0.15, -0.1) is 0 Å². The summed E-state index contributed by atoms with van der Waals surface area (Å²) in [5.41, 5.74) is 0.749. The van der Waals surface area contributed by atoms with Crippen molar-refractivity contribution in [3.63, 3.8) is 0 Å². The fourth-order valence-corrected chi connectivity index (χ4v) is 2.63. The SMILES string of the molecule is COc1ccccc1C(=O)Nc1ccc(OC(=O)COc2cccc([N+](=O)[O-])c2)cc1. The Hall–Kier alpha value is -4.40. The highest BCUT2D eigenvalue weighted by Gasteiger charge is 2.13. The van der Waals surface area contributed by atoms with Crippen LogP contribution in [0.3, 0.4) is 0 Å². The Morgan fingerprint density at radius 1 is 0.968 bits per heavy atom. The van der Waals surface area contributed by atoms with E-state index in [1.165, 1.54) is 43.5 Å². The van der Waals surface area contributed by atoms with Crippen molar-refractivity contribution in [2.24, 2.45) is 0 Å². The average Bonchev–Trinajstić information content (AvgIpc) is 2.79. The molecule has 9 nitrogen and oxygen atoms in total. The maximum atomic E-state index is 12.4. The van der Waals surface area contributed by atoms with E-state index in [9.17, 15) is 19.7 Å². The average molecular weight is 422 g/mol. The molecule has 31 heavy (non-hydrogen) atoms. The molecule has 0 fully saturated rings. The van der Waals surface area contributed by atoms with Crippen LogP contribution < -0.4 is 19.5 Å². The molecule has 1 amide bonds. The molecule has 0 aromatic heterocycles. The maximum Gasteiger partial charge on any atom is 0.349 e. The fraction of sp³-hybridized carbons (Fsp3) is 0.0909. The van der Waals surface area contributed by atoms with Gasteiger partial charge < -0.3 is 19.5 Å². The van der Waals surface area contributed by atoms with Gasteiger partial charge in [-0.05, 0) is 42.5 Å². The van der Waals surface area contributed by atoms with Crippen molar-refractivity contribution in [2.45, 2.75) is 0 Å². The number of hydrogen-bond donors (Lipinski definition) is 1. The number of rotatable bonds is 8. The van der Waals surface area contributed by atoms with E-state index in [0.717, 1.165) is 0 Å². The molecule has 0 saturated heterocycles. The quantitative estimate of drug-likeness (QED) is 0.254. The van der Waals surface area contributed by atoms with E-state index in [0.29, 0.717) is 17.0 Å². The Morgan fingerprint density at radius 3 is 2.42 bits per heavy atom. The van der Waals surface area contributed by atoms with Crippen LogP contribution in [0.5, 0.6) is 17.2 Å². The molecular weight excluding hydrogens is 404 g/mol. The topological polar surface area (TPSA) is 117 Å². The molecule has 3 aromatic carbocycles. The van der Waals surface area contributed by atoms with Crippen LogP contribution in [0.4, 0.5) is 11.4 Å². The summed E-state index contributed by atoms with van der Waals surface area (Å²) in [7, 11) is 1.48. The van der Waals surface area contributed by atoms with Crippen LogP contribution in [0.2, 0.25) is 0 Å². The van der Waals surface area contributed by atoms with E-state index in [1.807, 2.05) is 0 Å². The number of methoxy groups -OCH3 is 1.